The summed E-state index contributed by atoms with van der Waals surface area (Å²) in [5, 5.41) is 15.1. The van der Waals surface area contributed by atoms with Crippen LogP contribution in [-0.4, -0.2) is 24.2 Å². The molecule has 0 aliphatic heterocycles. The lowest BCUT2D eigenvalue weighted by atomic mass is 9.96. The molecule has 40 heavy (non-hydrogen) atoms. The Labute approximate surface area is 236 Å². The molecule has 2 aromatic heterocycles. The number of thiophene rings is 1. The molecule has 0 bridgehead atoms. The predicted molar refractivity (Wildman–Crippen MR) is 159 cm³/mol. The predicted octanol–water partition coefficient (Wildman–Crippen LogP) is 8.20. The average molecular weight is 558 g/mol. The van der Waals surface area contributed by atoms with Crippen LogP contribution in [0.1, 0.15) is 63.4 Å². The zero-order valence-electron chi connectivity index (χ0n) is 22.8. The Morgan fingerprint density at radius 2 is 1.90 bits per heavy atom. The van der Waals surface area contributed by atoms with Crippen molar-refractivity contribution in [1.29, 1.82) is 0 Å². The van der Waals surface area contributed by atoms with Gasteiger partial charge in [-0.3, -0.25) is 14.9 Å². The Morgan fingerprint density at radius 1 is 1.10 bits per heavy atom. The number of rotatable bonds is 7. The van der Waals surface area contributed by atoms with Gasteiger partial charge in [0.1, 0.15) is 22.3 Å². The third-order valence-electron chi connectivity index (χ3n) is 7.33. The number of amides is 1. The van der Waals surface area contributed by atoms with Crippen molar-refractivity contribution in [2.75, 3.05) is 12.4 Å². The first kappa shape index (κ1) is 27.3. The van der Waals surface area contributed by atoms with Crippen molar-refractivity contribution in [2.45, 2.75) is 52.4 Å². The molecule has 0 radical (unpaired) electrons. The van der Waals surface area contributed by atoms with Crippen LogP contribution in [-0.2, 0) is 12.8 Å². The van der Waals surface area contributed by atoms with Gasteiger partial charge in [0, 0.05) is 22.7 Å². The van der Waals surface area contributed by atoms with Gasteiger partial charge in [-0.15, -0.1) is 11.3 Å². The zero-order valence-corrected chi connectivity index (χ0v) is 23.6. The third kappa shape index (κ3) is 5.70. The Bertz CT molecular complexity index is 1600. The summed E-state index contributed by atoms with van der Waals surface area (Å²) in [6.07, 6.45) is 7.88. The number of benzene rings is 2. The van der Waals surface area contributed by atoms with E-state index in [2.05, 4.69) is 5.32 Å². The number of fused-ring (bicyclic) bond motifs is 1. The Kier molecular flexibility index (Phi) is 8.11. The summed E-state index contributed by atoms with van der Waals surface area (Å²) in [6, 6.07) is 13.7. The molecule has 1 amide bonds. The van der Waals surface area contributed by atoms with E-state index in [1.165, 1.54) is 30.5 Å². The molecule has 206 valence electrons. The van der Waals surface area contributed by atoms with E-state index in [0.717, 1.165) is 54.5 Å². The number of methoxy groups -OCH3 is 1. The number of nitrogens with zero attached hydrogens (tertiary/aromatic N) is 2. The quantitative estimate of drug-likeness (QED) is 0.140. The summed E-state index contributed by atoms with van der Waals surface area (Å²) in [6.45, 7) is 4.04. The maximum atomic E-state index is 13.7. The van der Waals surface area contributed by atoms with Crippen molar-refractivity contribution in [2.24, 2.45) is 4.99 Å². The topological polar surface area (TPSA) is 107 Å². The van der Waals surface area contributed by atoms with Gasteiger partial charge in [0.15, 0.2) is 0 Å². The van der Waals surface area contributed by atoms with E-state index < -0.39 is 4.92 Å². The second-order valence-corrected chi connectivity index (χ2v) is 11.0. The lowest BCUT2D eigenvalue weighted by molar-refractivity contribution is -0.384. The number of carbonyl (C=O) groups excluding carboxylic acids is 1. The molecule has 0 saturated carbocycles. The van der Waals surface area contributed by atoms with E-state index in [0.29, 0.717) is 33.4 Å². The number of aryl methyl sites for hydroxylation is 2. The maximum Gasteiger partial charge on any atom is 0.270 e. The minimum absolute atomic E-state index is 0.0575. The van der Waals surface area contributed by atoms with Crippen molar-refractivity contribution < 1.29 is 18.9 Å². The lowest BCUT2D eigenvalue weighted by Gasteiger charge is -2.13. The second kappa shape index (κ2) is 11.9. The van der Waals surface area contributed by atoms with E-state index in [1.54, 1.807) is 35.8 Å². The number of nitro benzene ring substituents is 1. The highest BCUT2D eigenvalue weighted by atomic mass is 32.1. The number of carbonyl (C=O) groups is 1. The molecule has 0 fully saturated rings. The van der Waals surface area contributed by atoms with E-state index in [-0.39, 0.29) is 11.6 Å². The number of hydrogen-bond donors (Lipinski definition) is 1. The molecule has 8 nitrogen and oxygen atoms in total. The van der Waals surface area contributed by atoms with Gasteiger partial charge < -0.3 is 14.5 Å². The van der Waals surface area contributed by atoms with Crippen LogP contribution in [0.5, 0.6) is 5.75 Å². The number of anilines is 1. The molecule has 2 aromatic carbocycles. The lowest BCUT2D eigenvalue weighted by Crippen LogP contribution is -2.15. The van der Waals surface area contributed by atoms with Crippen LogP contribution in [0.4, 0.5) is 16.4 Å². The van der Waals surface area contributed by atoms with Gasteiger partial charge in [0.05, 0.1) is 29.4 Å². The molecule has 2 heterocycles. The highest BCUT2D eigenvalue weighted by Crippen LogP contribution is 2.40. The third-order valence-corrected chi connectivity index (χ3v) is 8.53. The van der Waals surface area contributed by atoms with Crippen LogP contribution in [0.15, 0.2) is 57.9 Å². The van der Waals surface area contributed by atoms with Crippen LogP contribution < -0.4 is 10.1 Å². The smallest absolute Gasteiger partial charge is 0.270 e. The molecule has 4 aromatic rings. The summed E-state index contributed by atoms with van der Waals surface area (Å²) in [7, 11) is 1.50. The SMILES string of the molecule is COc1ccc([N+](=O)[O-])cc1-c1ccc(C=Nc2sc3c(c2C(=O)Nc2cccc(C)c2C)CCCCCC3)o1. The highest BCUT2D eigenvalue weighted by molar-refractivity contribution is 7.16. The van der Waals surface area contributed by atoms with Crippen molar-refractivity contribution in [3.05, 3.63) is 91.5 Å². The number of hydrogen-bond acceptors (Lipinski definition) is 7. The maximum absolute atomic E-state index is 13.7. The fourth-order valence-corrected chi connectivity index (χ4v) is 6.22. The minimum Gasteiger partial charge on any atom is -0.496 e. The van der Waals surface area contributed by atoms with Gasteiger partial charge in [-0.25, -0.2) is 4.99 Å². The summed E-state index contributed by atoms with van der Waals surface area (Å²) >= 11 is 1.57. The first-order valence-corrected chi connectivity index (χ1v) is 14.2. The van der Waals surface area contributed by atoms with Crippen molar-refractivity contribution >= 4 is 39.8 Å². The molecule has 1 aliphatic rings. The molecule has 9 heteroatoms. The molecule has 1 N–H and O–H groups in total. The van der Waals surface area contributed by atoms with Gasteiger partial charge in [0.25, 0.3) is 11.6 Å². The summed E-state index contributed by atoms with van der Waals surface area (Å²) in [5.74, 6) is 1.20. The van der Waals surface area contributed by atoms with Crippen LogP contribution >= 0.6 is 11.3 Å². The molecule has 0 unspecified atom stereocenters. The Morgan fingerprint density at radius 3 is 2.67 bits per heavy atom. The fraction of sp³-hybridized carbons (Fsp3) is 0.290. The minimum atomic E-state index is -0.456. The summed E-state index contributed by atoms with van der Waals surface area (Å²) in [4.78, 5) is 30.5. The van der Waals surface area contributed by atoms with Gasteiger partial charge in [0.2, 0.25) is 0 Å². The second-order valence-electron chi connectivity index (χ2n) is 9.90. The van der Waals surface area contributed by atoms with Crippen LogP contribution in [0.3, 0.4) is 0 Å². The Hall–Kier alpha value is -4.24. The van der Waals surface area contributed by atoms with E-state index in [1.807, 2.05) is 32.0 Å². The van der Waals surface area contributed by atoms with E-state index in [9.17, 15) is 14.9 Å². The standard InChI is InChI=1S/C31H31N3O5S/c1-19-9-8-11-25(20(19)2)33-30(35)29-23-10-6-4-5-7-12-28(23)40-31(29)32-18-22-14-16-27(39-22)24-17-21(34(36)37)13-15-26(24)38-3/h8-9,11,13-18H,4-7,10,12H2,1-3H3,(H,33,35). The van der Waals surface area contributed by atoms with Crippen LogP contribution in [0, 0.1) is 24.0 Å². The van der Waals surface area contributed by atoms with Gasteiger partial charge in [-0.2, -0.15) is 0 Å². The number of nitrogens with one attached hydrogen (secondary N) is 1. The molecule has 0 spiro atoms. The summed E-state index contributed by atoms with van der Waals surface area (Å²) < 4.78 is 11.4. The van der Waals surface area contributed by atoms with Crippen molar-refractivity contribution in [1.82, 2.24) is 0 Å². The Balaban J connectivity index is 1.49. The summed E-state index contributed by atoms with van der Waals surface area (Å²) in [5.41, 5.74) is 5.10. The number of non-ortho nitro benzene ring substituents is 1. The molecular weight excluding hydrogens is 526 g/mol. The van der Waals surface area contributed by atoms with E-state index >= 15 is 0 Å². The number of ether oxygens (including phenoxy) is 1. The van der Waals surface area contributed by atoms with Crippen molar-refractivity contribution in [3.63, 3.8) is 0 Å². The van der Waals surface area contributed by atoms with Gasteiger partial charge >= 0.3 is 0 Å². The van der Waals surface area contributed by atoms with Crippen LogP contribution in [0.2, 0.25) is 0 Å². The largest absolute Gasteiger partial charge is 0.496 e. The number of furan rings is 1. The average Bonchev–Trinajstić information content (AvgIpc) is 3.54. The first-order valence-electron chi connectivity index (χ1n) is 13.3. The number of nitro groups is 1. The normalized spacial score (nSPS) is 13.5. The number of aliphatic imine (C=N–C) groups is 1. The molecule has 5 rings (SSSR count). The first-order chi connectivity index (χ1) is 19.4. The van der Waals surface area contributed by atoms with Crippen molar-refractivity contribution in [3.8, 4) is 17.1 Å². The molecule has 0 atom stereocenters. The van der Waals surface area contributed by atoms with Gasteiger partial charge in [-0.1, -0.05) is 25.0 Å². The molecular formula is C31H31N3O5S. The highest BCUT2D eigenvalue weighted by Gasteiger charge is 2.25. The fourth-order valence-electron chi connectivity index (χ4n) is 4.99. The molecule has 0 saturated heterocycles. The molecule has 1 aliphatic carbocycles. The van der Waals surface area contributed by atoms with E-state index in [4.69, 9.17) is 14.1 Å². The van der Waals surface area contributed by atoms with Gasteiger partial charge in [-0.05, 0) is 80.5 Å². The monoisotopic (exact) mass is 557 g/mol. The van der Waals surface area contributed by atoms with Crippen LogP contribution in [0.25, 0.3) is 11.3 Å². The zero-order chi connectivity index (χ0) is 28.2.